The molecule has 1 aliphatic carbocycles. The third kappa shape index (κ3) is 2.25. The first-order valence-corrected chi connectivity index (χ1v) is 7.75. The topological polar surface area (TPSA) is 26.0 Å². The molecule has 1 aromatic carbocycles. The molecule has 1 aromatic rings. The van der Waals surface area contributed by atoms with Gasteiger partial charge in [0, 0.05) is 11.3 Å². The molecule has 2 heteroatoms. The van der Waals surface area contributed by atoms with Crippen molar-refractivity contribution in [3.8, 4) is 0 Å². The molecule has 0 amide bonds. The zero-order chi connectivity index (χ0) is 11.7. The second-order valence-electron chi connectivity index (χ2n) is 5.47. The summed E-state index contributed by atoms with van der Waals surface area (Å²) in [6, 6.07) is 7.13. The highest BCUT2D eigenvalue weighted by Crippen LogP contribution is 2.40. The van der Waals surface area contributed by atoms with Crippen LogP contribution in [-0.2, 0) is 19.3 Å². The fourth-order valence-corrected chi connectivity index (χ4v) is 4.63. The van der Waals surface area contributed by atoms with Crippen molar-refractivity contribution in [3.63, 3.8) is 0 Å². The van der Waals surface area contributed by atoms with E-state index in [2.05, 4.69) is 30.0 Å². The molecule has 0 aromatic heterocycles. The molecule has 1 aliphatic heterocycles. The summed E-state index contributed by atoms with van der Waals surface area (Å²) in [6.45, 7) is 0.828. The SMILES string of the molecule is NCC1(Cc2ccc3c(c2)CCC3)CCCS1. The Balaban J connectivity index is 1.80. The molecule has 0 saturated carbocycles. The summed E-state index contributed by atoms with van der Waals surface area (Å²) >= 11 is 2.09. The number of hydrogen-bond donors (Lipinski definition) is 1. The summed E-state index contributed by atoms with van der Waals surface area (Å²) in [4.78, 5) is 0. The van der Waals surface area contributed by atoms with E-state index < -0.39 is 0 Å². The summed E-state index contributed by atoms with van der Waals surface area (Å²) in [5.41, 5.74) is 10.7. The molecule has 2 N–H and O–H groups in total. The van der Waals surface area contributed by atoms with E-state index in [1.807, 2.05) is 0 Å². The maximum absolute atomic E-state index is 6.01. The molecule has 1 atom stereocenters. The van der Waals surface area contributed by atoms with Gasteiger partial charge in [-0.25, -0.2) is 0 Å². The van der Waals surface area contributed by atoms with Crippen LogP contribution >= 0.6 is 11.8 Å². The van der Waals surface area contributed by atoms with E-state index in [-0.39, 0.29) is 0 Å². The monoisotopic (exact) mass is 247 g/mol. The van der Waals surface area contributed by atoms with Gasteiger partial charge in [0.05, 0.1) is 0 Å². The fraction of sp³-hybridized carbons (Fsp3) is 0.600. The van der Waals surface area contributed by atoms with Crippen LogP contribution in [0.2, 0.25) is 0 Å². The molecule has 1 heterocycles. The van der Waals surface area contributed by atoms with Crippen LogP contribution in [0.5, 0.6) is 0 Å². The Labute approximate surface area is 108 Å². The molecule has 1 nitrogen and oxygen atoms in total. The van der Waals surface area contributed by atoms with E-state index in [9.17, 15) is 0 Å². The number of aryl methyl sites for hydroxylation is 2. The Morgan fingerprint density at radius 1 is 1.18 bits per heavy atom. The van der Waals surface area contributed by atoms with Crippen molar-refractivity contribution in [1.82, 2.24) is 0 Å². The summed E-state index contributed by atoms with van der Waals surface area (Å²) in [5.74, 6) is 1.29. The average molecular weight is 247 g/mol. The summed E-state index contributed by atoms with van der Waals surface area (Å²) in [5, 5.41) is 0. The largest absolute Gasteiger partial charge is 0.329 e. The van der Waals surface area contributed by atoms with E-state index in [4.69, 9.17) is 5.73 Å². The van der Waals surface area contributed by atoms with Crippen molar-refractivity contribution < 1.29 is 0 Å². The zero-order valence-electron chi connectivity index (χ0n) is 10.4. The van der Waals surface area contributed by atoms with E-state index in [1.165, 1.54) is 49.8 Å². The molecule has 0 bridgehead atoms. The molecular weight excluding hydrogens is 226 g/mol. The number of fused-ring (bicyclic) bond motifs is 1. The number of rotatable bonds is 3. The summed E-state index contributed by atoms with van der Waals surface area (Å²) < 4.78 is 0.340. The van der Waals surface area contributed by atoms with Crippen molar-refractivity contribution >= 4 is 11.8 Å². The van der Waals surface area contributed by atoms with Crippen LogP contribution < -0.4 is 5.73 Å². The van der Waals surface area contributed by atoms with E-state index in [0.29, 0.717) is 4.75 Å². The van der Waals surface area contributed by atoms with Gasteiger partial charge in [0.25, 0.3) is 0 Å². The zero-order valence-corrected chi connectivity index (χ0v) is 11.2. The lowest BCUT2D eigenvalue weighted by molar-refractivity contribution is 0.564. The maximum atomic E-state index is 6.01. The van der Waals surface area contributed by atoms with Crippen molar-refractivity contribution in [1.29, 1.82) is 0 Å². The van der Waals surface area contributed by atoms with E-state index >= 15 is 0 Å². The Kier molecular flexibility index (Phi) is 3.18. The van der Waals surface area contributed by atoms with Crippen LogP contribution in [0.1, 0.15) is 36.0 Å². The highest BCUT2D eigenvalue weighted by molar-refractivity contribution is 8.00. The third-order valence-corrected chi connectivity index (χ3v) is 5.87. The molecule has 0 spiro atoms. The molecule has 1 fully saturated rings. The second kappa shape index (κ2) is 4.66. The van der Waals surface area contributed by atoms with Crippen LogP contribution in [-0.4, -0.2) is 17.0 Å². The van der Waals surface area contributed by atoms with Crippen LogP contribution in [0.3, 0.4) is 0 Å². The lowest BCUT2D eigenvalue weighted by Gasteiger charge is -2.26. The van der Waals surface area contributed by atoms with Crippen molar-refractivity contribution in [2.75, 3.05) is 12.3 Å². The van der Waals surface area contributed by atoms with Gasteiger partial charge >= 0.3 is 0 Å². The number of hydrogen-bond acceptors (Lipinski definition) is 2. The minimum absolute atomic E-state index is 0.340. The van der Waals surface area contributed by atoms with E-state index in [0.717, 1.165) is 6.54 Å². The molecule has 0 radical (unpaired) electrons. The minimum atomic E-state index is 0.340. The first-order valence-electron chi connectivity index (χ1n) is 6.76. The summed E-state index contributed by atoms with van der Waals surface area (Å²) in [7, 11) is 0. The molecule has 3 rings (SSSR count). The van der Waals surface area contributed by atoms with Gasteiger partial charge in [0.1, 0.15) is 0 Å². The standard InChI is InChI=1S/C15H21NS/c16-11-15(7-2-8-17-15)10-12-5-6-13-3-1-4-14(13)9-12/h5-6,9H,1-4,7-8,10-11,16H2. The second-order valence-corrected chi connectivity index (χ2v) is 7.04. The van der Waals surface area contributed by atoms with E-state index in [1.54, 1.807) is 11.1 Å². The smallest absolute Gasteiger partial charge is 0.0322 e. The van der Waals surface area contributed by atoms with Gasteiger partial charge in [-0.1, -0.05) is 18.2 Å². The van der Waals surface area contributed by atoms with Gasteiger partial charge in [0.2, 0.25) is 0 Å². The van der Waals surface area contributed by atoms with Gasteiger partial charge in [-0.15, -0.1) is 0 Å². The predicted molar refractivity (Wildman–Crippen MR) is 75.6 cm³/mol. The molecule has 1 saturated heterocycles. The van der Waals surface area contributed by atoms with Gasteiger partial charge in [-0.05, 0) is 61.0 Å². The first kappa shape index (κ1) is 11.6. The quantitative estimate of drug-likeness (QED) is 0.888. The van der Waals surface area contributed by atoms with Gasteiger partial charge in [-0.3, -0.25) is 0 Å². The predicted octanol–water partition coefficient (Wildman–Crippen LogP) is 2.94. The molecular formula is C15H21NS. The molecule has 2 aliphatic rings. The maximum Gasteiger partial charge on any atom is 0.0322 e. The average Bonchev–Trinajstić information content (AvgIpc) is 2.97. The van der Waals surface area contributed by atoms with Crippen LogP contribution in [0.15, 0.2) is 18.2 Å². The Hall–Kier alpha value is -0.470. The van der Waals surface area contributed by atoms with Crippen molar-refractivity contribution in [2.45, 2.75) is 43.3 Å². The number of thioether (sulfide) groups is 1. The Morgan fingerprint density at radius 3 is 2.82 bits per heavy atom. The number of benzene rings is 1. The molecule has 92 valence electrons. The van der Waals surface area contributed by atoms with Gasteiger partial charge < -0.3 is 5.73 Å². The third-order valence-electron chi connectivity index (χ3n) is 4.25. The minimum Gasteiger partial charge on any atom is -0.329 e. The fourth-order valence-electron chi connectivity index (χ4n) is 3.23. The van der Waals surface area contributed by atoms with Crippen LogP contribution in [0.25, 0.3) is 0 Å². The summed E-state index contributed by atoms with van der Waals surface area (Å²) in [6.07, 6.45) is 7.72. The van der Waals surface area contributed by atoms with Crippen molar-refractivity contribution in [3.05, 3.63) is 34.9 Å². The van der Waals surface area contributed by atoms with Gasteiger partial charge in [-0.2, -0.15) is 11.8 Å². The normalized spacial score (nSPS) is 27.4. The first-order chi connectivity index (χ1) is 8.31. The highest BCUT2D eigenvalue weighted by atomic mass is 32.2. The highest BCUT2D eigenvalue weighted by Gasteiger charge is 2.33. The molecule has 17 heavy (non-hydrogen) atoms. The van der Waals surface area contributed by atoms with Crippen molar-refractivity contribution in [2.24, 2.45) is 5.73 Å². The van der Waals surface area contributed by atoms with Gasteiger partial charge in [0.15, 0.2) is 0 Å². The Morgan fingerprint density at radius 2 is 2.06 bits per heavy atom. The van der Waals surface area contributed by atoms with Crippen LogP contribution in [0, 0.1) is 0 Å². The molecule has 1 unspecified atom stereocenters. The Bertz CT molecular complexity index is 407. The van der Waals surface area contributed by atoms with Crippen LogP contribution in [0.4, 0.5) is 0 Å². The lowest BCUT2D eigenvalue weighted by Crippen LogP contribution is -2.34. The number of nitrogens with two attached hydrogens (primary N) is 1. The lowest BCUT2D eigenvalue weighted by atomic mass is 9.93.